The van der Waals surface area contributed by atoms with Gasteiger partial charge in [-0.25, -0.2) is 4.98 Å². The molecule has 3 aromatic carbocycles. The Hall–Kier alpha value is -3.85. The molecule has 0 fully saturated rings. The van der Waals surface area contributed by atoms with Gasteiger partial charge in [0.05, 0.1) is 5.69 Å². The molecule has 0 aliphatic heterocycles. The Morgan fingerprint density at radius 3 is 2.32 bits per heavy atom. The Balaban J connectivity index is 1.53. The summed E-state index contributed by atoms with van der Waals surface area (Å²) in [6.45, 7) is 6.38. The van der Waals surface area contributed by atoms with Gasteiger partial charge >= 0.3 is 0 Å². The molecule has 6 aromatic rings. The third-order valence-electron chi connectivity index (χ3n) is 5.99. The topological polar surface area (TPSA) is 39.2 Å². The second-order valence-electron chi connectivity index (χ2n) is 8.26. The fourth-order valence-corrected chi connectivity index (χ4v) is 4.71. The summed E-state index contributed by atoms with van der Waals surface area (Å²) in [5.41, 5.74) is 9.02. The number of pyridine rings is 1. The number of nitrogens with zero attached hydrogens (tertiary/aromatic N) is 1. The van der Waals surface area contributed by atoms with Gasteiger partial charge in [-0.15, -0.1) is 0 Å². The van der Waals surface area contributed by atoms with E-state index in [1.165, 1.54) is 16.7 Å². The number of fused-ring (bicyclic) bond motifs is 4. The molecule has 6 rings (SSSR count). The van der Waals surface area contributed by atoms with Crippen LogP contribution in [0.4, 0.5) is 0 Å². The van der Waals surface area contributed by atoms with E-state index in [0.717, 1.165) is 49.9 Å². The van der Waals surface area contributed by atoms with Crippen molar-refractivity contribution < 1.29 is 8.83 Å². The van der Waals surface area contributed by atoms with Crippen molar-refractivity contribution in [2.24, 2.45) is 0 Å². The number of aryl methyl sites for hydroxylation is 3. The second kappa shape index (κ2) is 6.58. The molecule has 0 bridgehead atoms. The zero-order valence-corrected chi connectivity index (χ0v) is 17.7. The lowest BCUT2D eigenvalue weighted by atomic mass is 9.98. The van der Waals surface area contributed by atoms with Crippen molar-refractivity contribution in [1.29, 1.82) is 0 Å². The van der Waals surface area contributed by atoms with Gasteiger partial charge in [0.2, 0.25) is 5.71 Å². The van der Waals surface area contributed by atoms with Gasteiger partial charge in [0.1, 0.15) is 16.9 Å². The zero-order valence-electron chi connectivity index (χ0n) is 17.7. The molecule has 0 atom stereocenters. The van der Waals surface area contributed by atoms with Crippen LogP contribution in [0.2, 0.25) is 0 Å². The number of furan rings is 2. The molecule has 0 spiro atoms. The van der Waals surface area contributed by atoms with E-state index in [0.29, 0.717) is 5.71 Å². The number of hydrogen-bond donors (Lipinski definition) is 0. The van der Waals surface area contributed by atoms with E-state index in [1.807, 2.05) is 24.3 Å². The average Bonchev–Trinajstić information content (AvgIpc) is 3.33. The normalized spacial score (nSPS) is 11.7. The van der Waals surface area contributed by atoms with E-state index in [4.69, 9.17) is 13.8 Å². The van der Waals surface area contributed by atoms with E-state index in [2.05, 4.69) is 69.3 Å². The molecular formula is C28H21NO2. The van der Waals surface area contributed by atoms with E-state index in [1.54, 1.807) is 0 Å². The summed E-state index contributed by atoms with van der Waals surface area (Å²) in [5.74, 6) is 0.858. The lowest BCUT2D eigenvalue weighted by Gasteiger charge is -2.08. The Labute approximate surface area is 179 Å². The highest BCUT2D eigenvalue weighted by Gasteiger charge is 2.16. The predicted molar refractivity (Wildman–Crippen MR) is 126 cm³/mol. The first-order valence-electron chi connectivity index (χ1n) is 10.5. The molecular weight excluding hydrogens is 382 g/mol. The van der Waals surface area contributed by atoms with E-state index < -0.39 is 0 Å². The summed E-state index contributed by atoms with van der Waals surface area (Å²) in [6, 6.07) is 24.9. The average molecular weight is 403 g/mol. The van der Waals surface area contributed by atoms with Crippen LogP contribution < -0.4 is 0 Å². The molecule has 3 heteroatoms. The second-order valence-corrected chi connectivity index (χ2v) is 8.26. The van der Waals surface area contributed by atoms with Crippen molar-refractivity contribution in [3.8, 4) is 22.6 Å². The van der Waals surface area contributed by atoms with Crippen LogP contribution in [0, 0.1) is 20.8 Å². The molecule has 0 unspecified atom stereocenters. The number of hydrogen-bond acceptors (Lipinski definition) is 3. The first-order valence-corrected chi connectivity index (χ1v) is 10.5. The molecule has 150 valence electrons. The maximum absolute atomic E-state index is 6.25. The van der Waals surface area contributed by atoms with Gasteiger partial charge in [-0.05, 0) is 62.2 Å². The fraction of sp³-hybridized carbons (Fsp3) is 0.107. The third kappa shape index (κ3) is 2.77. The predicted octanol–water partition coefficient (Wildman–Crippen LogP) is 7.99. The molecule has 0 aliphatic carbocycles. The maximum Gasteiger partial charge on any atom is 0.227 e. The Morgan fingerprint density at radius 1 is 0.710 bits per heavy atom. The molecule has 31 heavy (non-hydrogen) atoms. The van der Waals surface area contributed by atoms with E-state index >= 15 is 0 Å². The zero-order chi connectivity index (χ0) is 21.1. The number of aromatic nitrogens is 1. The lowest BCUT2D eigenvalue weighted by Crippen LogP contribution is -1.88. The molecule has 3 aromatic heterocycles. The monoisotopic (exact) mass is 403 g/mol. The van der Waals surface area contributed by atoms with Crippen molar-refractivity contribution in [3.63, 3.8) is 0 Å². The van der Waals surface area contributed by atoms with Crippen molar-refractivity contribution >= 4 is 33.0 Å². The summed E-state index contributed by atoms with van der Waals surface area (Å²) in [4.78, 5) is 4.86. The van der Waals surface area contributed by atoms with Crippen LogP contribution >= 0.6 is 0 Å². The largest absolute Gasteiger partial charge is 0.455 e. The summed E-state index contributed by atoms with van der Waals surface area (Å²) in [6.07, 6.45) is 0. The molecule has 3 nitrogen and oxygen atoms in total. The van der Waals surface area contributed by atoms with Gasteiger partial charge in [0.25, 0.3) is 0 Å². The van der Waals surface area contributed by atoms with Gasteiger partial charge in [0.15, 0.2) is 0 Å². The van der Waals surface area contributed by atoms with Crippen LogP contribution in [0.25, 0.3) is 55.6 Å². The van der Waals surface area contributed by atoms with Crippen LogP contribution in [-0.2, 0) is 0 Å². The summed E-state index contributed by atoms with van der Waals surface area (Å²) in [7, 11) is 0. The molecule has 0 aliphatic rings. The van der Waals surface area contributed by atoms with Crippen molar-refractivity contribution in [2.45, 2.75) is 20.8 Å². The van der Waals surface area contributed by atoms with Crippen LogP contribution in [0.3, 0.4) is 0 Å². The molecule has 0 saturated heterocycles. The number of para-hydroxylation sites is 2. The van der Waals surface area contributed by atoms with Crippen LogP contribution in [0.15, 0.2) is 81.6 Å². The van der Waals surface area contributed by atoms with Crippen LogP contribution in [0.1, 0.15) is 16.7 Å². The highest BCUT2D eigenvalue weighted by atomic mass is 16.3. The van der Waals surface area contributed by atoms with Crippen LogP contribution in [0.5, 0.6) is 0 Å². The Morgan fingerprint density at radius 2 is 1.48 bits per heavy atom. The number of benzene rings is 3. The van der Waals surface area contributed by atoms with E-state index in [-0.39, 0.29) is 0 Å². The Bertz CT molecular complexity index is 1590. The first kappa shape index (κ1) is 18.0. The fourth-order valence-electron chi connectivity index (χ4n) is 4.71. The smallest absolute Gasteiger partial charge is 0.227 e. The van der Waals surface area contributed by atoms with Gasteiger partial charge in [0, 0.05) is 27.3 Å². The summed E-state index contributed by atoms with van der Waals surface area (Å²) < 4.78 is 12.4. The molecule has 0 amide bonds. The molecule has 0 saturated carbocycles. The first-order chi connectivity index (χ1) is 15.1. The lowest BCUT2D eigenvalue weighted by molar-refractivity contribution is 0.618. The minimum Gasteiger partial charge on any atom is -0.455 e. The van der Waals surface area contributed by atoms with E-state index in [9.17, 15) is 0 Å². The quantitative estimate of drug-likeness (QED) is 0.294. The standard InChI is InChI=1S/C28H21NO2/c1-16-13-17(2)26(18(3)14-16)25-15-19-11-12-23(29-28(19)31-25)22-9-6-8-21-20-7-4-5-10-24(20)30-27(21)22/h4-15H,1-3H3. The van der Waals surface area contributed by atoms with Gasteiger partial charge in [-0.3, -0.25) is 0 Å². The van der Waals surface area contributed by atoms with Crippen LogP contribution in [-0.4, -0.2) is 4.98 Å². The molecule has 3 heterocycles. The maximum atomic E-state index is 6.25. The highest BCUT2D eigenvalue weighted by molar-refractivity contribution is 6.09. The minimum absolute atomic E-state index is 0.639. The third-order valence-corrected chi connectivity index (χ3v) is 5.99. The minimum atomic E-state index is 0.639. The molecule has 0 radical (unpaired) electrons. The summed E-state index contributed by atoms with van der Waals surface area (Å²) >= 11 is 0. The summed E-state index contributed by atoms with van der Waals surface area (Å²) in [5, 5.41) is 3.21. The van der Waals surface area contributed by atoms with Gasteiger partial charge in [-0.1, -0.05) is 48.0 Å². The Kier molecular flexibility index (Phi) is 3.81. The van der Waals surface area contributed by atoms with Gasteiger partial charge < -0.3 is 8.83 Å². The van der Waals surface area contributed by atoms with Crippen molar-refractivity contribution in [1.82, 2.24) is 4.98 Å². The van der Waals surface area contributed by atoms with Gasteiger partial charge in [-0.2, -0.15) is 0 Å². The van der Waals surface area contributed by atoms with Crippen molar-refractivity contribution in [3.05, 3.63) is 89.5 Å². The van der Waals surface area contributed by atoms with Crippen molar-refractivity contribution in [2.75, 3.05) is 0 Å². The SMILES string of the molecule is Cc1cc(C)c(-c2cc3ccc(-c4cccc5c4oc4ccccc45)nc3o2)c(C)c1. The number of rotatable bonds is 2. The molecule has 0 N–H and O–H groups in total. The highest BCUT2D eigenvalue weighted by Crippen LogP contribution is 2.37.